The third-order valence-corrected chi connectivity index (χ3v) is 5.09. The van der Waals surface area contributed by atoms with E-state index in [0.29, 0.717) is 25.2 Å². The molecule has 142 valence electrons. The van der Waals surface area contributed by atoms with Gasteiger partial charge in [0.25, 0.3) is 0 Å². The summed E-state index contributed by atoms with van der Waals surface area (Å²) in [7, 11) is -4.18. The van der Waals surface area contributed by atoms with Gasteiger partial charge in [-0.3, -0.25) is 0 Å². The summed E-state index contributed by atoms with van der Waals surface area (Å²) in [5, 5.41) is -0.151. The average molecular weight is 403 g/mol. The van der Waals surface area contributed by atoms with Gasteiger partial charge in [0.15, 0.2) is 0 Å². The lowest BCUT2D eigenvalue weighted by Crippen LogP contribution is -2.44. The Hall–Kier alpha value is -1.23. The molecule has 0 amide bonds. The van der Waals surface area contributed by atoms with Crippen molar-refractivity contribution in [2.75, 3.05) is 25.1 Å². The number of nitrogens with two attached hydrogens (primary N) is 1. The van der Waals surface area contributed by atoms with Gasteiger partial charge in [-0.1, -0.05) is 0 Å². The molecule has 1 aromatic rings. The molecule has 2 unspecified atom stereocenters. The molecular formula is C14H18ClF3N2O4S. The van der Waals surface area contributed by atoms with E-state index >= 15 is 0 Å². The predicted molar refractivity (Wildman–Crippen MR) is 87.2 cm³/mol. The molecule has 0 aromatic heterocycles. The van der Waals surface area contributed by atoms with Crippen LogP contribution in [0.4, 0.5) is 18.9 Å². The van der Waals surface area contributed by atoms with Gasteiger partial charge in [0.05, 0.1) is 11.5 Å². The number of piperidine rings is 1. The van der Waals surface area contributed by atoms with Crippen LogP contribution in [-0.4, -0.2) is 45.6 Å². The first kappa shape index (κ1) is 20.1. The number of halogens is 4. The second kappa shape index (κ2) is 7.56. The van der Waals surface area contributed by atoms with Gasteiger partial charge in [-0.05, 0) is 24.6 Å². The Morgan fingerprint density at radius 3 is 2.60 bits per heavy atom. The maximum Gasteiger partial charge on any atom is 0.534 e. The topological polar surface area (TPSA) is 81.9 Å². The number of alkyl halides is 4. The molecule has 2 rings (SSSR count). The minimum absolute atomic E-state index is 0.0842. The van der Waals surface area contributed by atoms with Crippen molar-refractivity contribution in [3.8, 4) is 5.75 Å². The molecular weight excluding hydrogens is 385 g/mol. The van der Waals surface area contributed by atoms with Gasteiger partial charge < -0.3 is 19.6 Å². The van der Waals surface area contributed by atoms with Crippen molar-refractivity contribution in [2.24, 2.45) is 5.73 Å². The molecule has 1 saturated heterocycles. The van der Waals surface area contributed by atoms with Crippen molar-refractivity contribution in [3.63, 3.8) is 0 Å². The molecule has 0 spiro atoms. The number of ether oxygens (including phenoxy) is 1. The molecule has 2 N–H and O–H groups in total. The fourth-order valence-corrected chi connectivity index (χ4v) is 3.40. The maximum atomic E-state index is 12.5. The lowest BCUT2D eigenvalue weighted by molar-refractivity contribution is -0.0500. The molecule has 25 heavy (non-hydrogen) atoms. The fourth-order valence-electron chi connectivity index (χ4n) is 2.54. The molecule has 6 nitrogen and oxygen atoms in total. The molecule has 1 heterocycles. The molecule has 0 aliphatic carbocycles. The molecule has 2 atom stereocenters. The van der Waals surface area contributed by atoms with Crippen LogP contribution in [0, 0.1) is 0 Å². The highest BCUT2D eigenvalue weighted by atomic mass is 35.5. The monoisotopic (exact) mass is 402 g/mol. The van der Waals surface area contributed by atoms with Gasteiger partial charge in [0.2, 0.25) is 0 Å². The summed E-state index contributed by atoms with van der Waals surface area (Å²) in [6.07, 6.45) is 0.600. The zero-order chi connectivity index (χ0) is 18.8. The highest BCUT2D eigenvalue weighted by molar-refractivity contribution is 7.88. The molecule has 0 saturated carbocycles. The van der Waals surface area contributed by atoms with E-state index in [4.69, 9.17) is 22.1 Å². The summed E-state index contributed by atoms with van der Waals surface area (Å²) in [5.41, 5.74) is 0.799. The van der Waals surface area contributed by atoms with Crippen LogP contribution in [0.2, 0.25) is 0 Å². The standard InChI is InChI=1S/C14H18ClF3N2O4S/c1-23-12-5-10(15)7-20(8-12)11-2-3-13(9(4-11)6-19)24-25(21,22)14(16,17)18/h2-4,10,12H,5-8,19H2,1H3. The highest BCUT2D eigenvalue weighted by Gasteiger charge is 2.48. The Bertz CT molecular complexity index is 715. The van der Waals surface area contributed by atoms with E-state index in [2.05, 4.69) is 4.18 Å². The van der Waals surface area contributed by atoms with Crippen LogP contribution in [0.5, 0.6) is 5.75 Å². The van der Waals surface area contributed by atoms with E-state index in [1.54, 1.807) is 7.11 Å². The van der Waals surface area contributed by atoms with Gasteiger partial charge in [-0.2, -0.15) is 21.6 Å². The van der Waals surface area contributed by atoms with Gasteiger partial charge >= 0.3 is 15.6 Å². The third kappa shape index (κ3) is 4.69. The maximum absolute atomic E-state index is 12.5. The van der Waals surface area contributed by atoms with E-state index in [1.165, 1.54) is 12.1 Å². The zero-order valence-electron chi connectivity index (χ0n) is 13.3. The fraction of sp³-hybridized carbons (Fsp3) is 0.571. The Kier molecular flexibility index (Phi) is 6.08. The van der Waals surface area contributed by atoms with E-state index in [1.807, 2.05) is 4.90 Å². The van der Waals surface area contributed by atoms with E-state index in [9.17, 15) is 21.6 Å². The Morgan fingerprint density at radius 1 is 1.36 bits per heavy atom. The number of hydrogen-bond donors (Lipinski definition) is 1. The van der Waals surface area contributed by atoms with Crippen LogP contribution in [0.25, 0.3) is 0 Å². The second-order valence-electron chi connectivity index (χ2n) is 5.58. The van der Waals surface area contributed by atoms with Crippen molar-refractivity contribution in [1.82, 2.24) is 0 Å². The summed E-state index contributed by atoms with van der Waals surface area (Å²) < 4.78 is 69.3. The van der Waals surface area contributed by atoms with Crippen LogP contribution in [0.1, 0.15) is 12.0 Å². The number of benzene rings is 1. The van der Waals surface area contributed by atoms with E-state index in [-0.39, 0.29) is 23.6 Å². The lowest BCUT2D eigenvalue weighted by atomic mass is 10.1. The van der Waals surface area contributed by atoms with Crippen LogP contribution < -0.4 is 14.8 Å². The SMILES string of the molecule is COC1CC(Cl)CN(c2ccc(OS(=O)(=O)C(F)(F)F)c(CN)c2)C1. The second-order valence-corrected chi connectivity index (χ2v) is 7.73. The first-order valence-electron chi connectivity index (χ1n) is 7.33. The number of methoxy groups -OCH3 is 1. The van der Waals surface area contributed by atoms with E-state index < -0.39 is 21.4 Å². The van der Waals surface area contributed by atoms with Crippen molar-refractivity contribution < 1.29 is 30.5 Å². The zero-order valence-corrected chi connectivity index (χ0v) is 14.9. The molecule has 1 aliphatic heterocycles. The highest BCUT2D eigenvalue weighted by Crippen LogP contribution is 2.32. The third-order valence-electron chi connectivity index (χ3n) is 3.81. The summed E-state index contributed by atoms with van der Waals surface area (Å²) in [4.78, 5) is 1.90. The summed E-state index contributed by atoms with van der Waals surface area (Å²) in [6, 6.07) is 4.10. The average Bonchev–Trinajstić information content (AvgIpc) is 2.53. The van der Waals surface area contributed by atoms with E-state index in [0.717, 1.165) is 6.07 Å². The van der Waals surface area contributed by atoms with Gasteiger partial charge in [-0.25, -0.2) is 0 Å². The molecule has 1 aliphatic rings. The normalized spacial score (nSPS) is 22.1. The predicted octanol–water partition coefficient (Wildman–Crippen LogP) is 2.21. The van der Waals surface area contributed by atoms with Crippen molar-refractivity contribution in [3.05, 3.63) is 23.8 Å². The lowest BCUT2D eigenvalue weighted by Gasteiger charge is -2.36. The first-order valence-corrected chi connectivity index (χ1v) is 9.17. The summed E-state index contributed by atoms with van der Waals surface area (Å²) in [6.45, 7) is 0.875. The molecule has 1 aromatic carbocycles. The summed E-state index contributed by atoms with van der Waals surface area (Å²) in [5.74, 6) is -0.453. The van der Waals surface area contributed by atoms with Crippen LogP contribution >= 0.6 is 11.6 Å². The molecule has 11 heteroatoms. The van der Waals surface area contributed by atoms with Crippen LogP contribution in [-0.2, 0) is 21.4 Å². The molecule has 1 fully saturated rings. The van der Waals surface area contributed by atoms with Crippen LogP contribution in [0.3, 0.4) is 0 Å². The van der Waals surface area contributed by atoms with Gasteiger partial charge in [-0.15, -0.1) is 11.6 Å². The smallest absolute Gasteiger partial charge is 0.380 e. The van der Waals surface area contributed by atoms with Crippen molar-refractivity contribution in [2.45, 2.75) is 30.0 Å². The van der Waals surface area contributed by atoms with Crippen molar-refractivity contribution >= 4 is 27.4 Å². The number of anilines is 1. The van der Waals surface area contributed by atoms with Crippen LogP contribution in [0.15, 0.2) is 18.2 Å². The molecule has 0 bridgehead atoms. The van der Waals surface area contributed by atoms with Gasteiger partial charge in [0.1, 0.15) is 5.75 Å². The number of rotatable bonds is 5. The quantitative estimate of drug-likeness (QED) is 0.462. The number of nitrogens with zero attached hydrogens (tertiary/aromatic N) is 1. The Labute approximate surface area is 148 Å². The minimum Gasteiger partial charge on any atom is -0.380 e. The van der Waals surface area contributed by atoms with Gasteiger partial charge in [0, 0.05) is 38.0 Å². The minimum atomic E-state index is -5.75. The van der Waals surface area contributed by atoms with Crippen molar-refractivity contribution in [1.29, 1.82) is 0 Å². The summed E-state index contributed by atoms with van der Waals surface area (Å²) >= 11 is 6.20. The Morgan fingerprint density at radius 2 is 2.04 bits per heavy atom. The largest absolute Gasteiger partial charge is 0.534 e. The Balaban J connectivity index is 2.27. The number of hydrogen-bond acceptors (Lipinski definition) is 6. The first-order chi connectivity index (χ1) is 11.6. The molecule has 0 radical (unpaired) electrons.